The minimum Gasteiger partial charge on any atom is -0.507 e. The van der Waals surface area contributed by atoms with Crippen molar-refractivity contribution in [2.45, 2.75) is 6.92 Å². The highest BCUT2D eigenvalue weighted by Crippen LogP contribution is 2.25. The van der Waals surface area contributed by atoms with Gasteiger partial charge < -0.3 is 14.3 Å². The van der Waals surface area contributed by atoms with Crippen LogP contribution in [0.4, 0.5) is 0 Å². The van der Waals surface area contributed by atoms with Crippen molar-refractivity contribution in [1.29, 1.82) is 0 Å². The van der Waals surface area contributed by atoms with Crippen molar-refractivity contribution in [3.05, 3.63) is 89.7 Å². The average molecular weight is 428 g/mol. The number of rotatable bonds is 6. The lowest BCUT2D eigenvalue weighted by Crippen LogP contribution is -2.17. The van der Waals surface area contributed by atoms with Gasteiger partial charge in [-0.25, -0.2) is 10.2 Å². The molecule has 160 valence electrons. The summed E-state index contributed by atoms with van der Waals surface area (Å²) >= 11 is 0. The van der Waals surface area contributed by atoms with Gasteiger partial charge in [-0.1, -0.05) is 36.4 Å². The van der Waals surface area contributed by atoms with Gasteiger partial charge in [-0.05, 0) is 54.1 Å². The molecule has 0 radical (unpaired) electrons. The number of nitrogens with zero attached hydrogens (tertiary/aromatic N) is 1. The van der Waals surface area contributed by atoms with Crippen LogP contribution in [-0.4, -0.2) is 29.8 Å². The molecule has 0 fully saturated rings. The van der Waals surface area contributed by atoms with Crippen molar-refractivity contribution in [3.63, 3.8) is 0 Å². The van der Waals surface area contributed by atoms with E-state index in [2.05, 4.69) is 10.5 Å². The summed E-state index contributed by atoms with van der Waals surface area (Å²) in [7, 11) is 0. The summed E-state index contributed by atoms with van der Waals surface area (Å²) in [6.45, 7) is 2.07. The second-order valence-corrected chi connectivity index (χ2v) is 6.92. The maximum atomic E-state index is 12.4. The van der Waals surface area contributed by atoms with E-state index in [-0.39, 0.29) is 17.3 Å². The quantitative estimate of drug-likeness (QED) is 0.262. The van der Waals surface area contributed by atoms with Gasteiger partial charge in [0.2, 0.25) is 0 Å². The molecular weight excluding hydrogens is 408 g/mol. The molecule has 3 aromatic carbocycles. The lowest BCUT2D eigenvalue weighted by Gasteiger charge is -2.05. The number of amides is 1. The van der Waals surface area contributed by atoms with E-state index in [0.29, 0.717) is 23.7 Å². The van der Waals surface area contributed by atoms with Crippen molar-refractivity contribution in [2.24, 2.45) is 5.10 Å². The molecule has 4 aromatic rings. The molecule has 7 heteroatoms. The number of furan rings is 1. The molecule has 0 aliphatic carbocycles. The van der Waals surface area contributed by atoms with Gasteiger partial charge in [-0.2, -0.15) is 5.10 Å². The highest BCUT2D eigenvalue weighted by molar-refractivity contribution is 6.01. The summed E-state index contributed by atoms with van der Waals surface area (Å²) in [6.07, 6.45) is 1.37. The molecule has 0 atom stereocenters. The number of aromatic hydroxyl groups is 1. The fraction of sp³-hybridized carbons (Fsp3) is 0.0800. The van der Waals surface area contributed by atoms with Crippen LogP contribution in [0.25, 0.3) is 22.1 Å². The van der Waals surface area contributed by atoms with Crippen LogP contribution in [0.2, 0.25) is 0 Å². The maximum absolute atomic E-state index is 12.4. The van der Waals surface area contributed by atoms with Gasteiger partial charge in [-0.15, -0.1) is 0 Å². The number of phenols is 1. The number of carbonyl (C=O) groups excluding carboxylic acids is 2. The number of hydrogen-bond acceptors (Lipinski definition) is 6. The molecule has 2 N–H and O–H groups in total. The molecule has 0 aliphatic rings. The van der Waals surface area contributed by atoms with E-state index in [9.17, 15) is 14.7 Å². The first-order chi connectivity index (χ1) is 15.5. The van der Waals surface area contributed by atoms with Crippen molar-refractivity contribution >= 4 is 28.9 Å². The second kappa shape index (κ2) is 9.18. The molecule has 1 aromatic heterocycles. The predicted molar refractivity (Wildman–Crippen MR) is 121 cm³/mol. The van der Waals surface area contributed by atoms with E-state index < -0.39 is 5.91 Å². The monoisotopic (exact) mass is 428 g/mol. The van der Waals surface area contributed by atoms with Crippen LogP contribution in [0.15, 0.2) is 82.3 Å². The van der Waals surface area contributed by atoms with Crippen LogP contribution in [0.3, 0.4) is 0 Å². The molecule has 1 amide bonds. The number of hydrogen-bond donors (Lipinski definition) is 2. The number of ether oxygens (including phenoxy) is 1. The topological polar surface area (TPSA) is 101 Å². The normalized spacial score (nSPS) is 11.0. The van der Waals surface area contributed by atoms with Gasteiger partial charge in [-0.3, -0.25) is 4.79 Å². The van der Waals surface area contributed by atoms with Crippen LogP contribution >= 0.6 is 0 Å². The summed E-state index contributed by atoms with van der Waals surface area (Å²) in [6, 6.07) is 20.9. The van der Waals surface area contributed by atoms with Crippen LogP contribution < -0.4 is 5.43 Å². The van der Waals surface area contributed by atoms with Crippen molar-refractivity contribution < 1.29 is 23.8 Å². The summed E-state index contributed by atoms with van der Waals surface area (Å²) < 4.78 is 10.7. The number of esters is 1. The third-order valence-corrected chi connectivity index (χ3v) is 4.77. The fourth-order valence-electron chi connectivity index (χ4n) is 3.19. The van der Waals surface area contributed by atoms with E-state index in [1.54, 1.807) is 55.5 Å². The standard InChI is InChI=1S/C25H20N2O5/c1-2-31-25(30)17-9-7-16(8-10-17)23-12-11-20(32-23)15-26-27-24(29)21-13-18-5-3-4-6-19(18)14-22(21)28/h3-15,28H,2H2,1H3,(H,27,29). The van der Waals surface area contributed by atoms with Gasteiger partial charge in [0.1, 0.15) is 17.3 Å². The number of benzene rings is 3. The largest absolute Gasteiger partial charge is 0.507 e. The molecule has 0 bridgehead atoms. The summed E-state index contributed by atoms with van der Waals surface area (Å²) in [5, 5.41) is 15.7. The highest BCUT2D eigenvalue weighted by atomic mass is 16.5. The Morgan fingerprint density at radius 1 is 1.03 bits per heavy atom. The Bertz CT molecular complexity index is 1310. The summed E-state index contributed by atoms with van der Waals surface area (Å²) in [5.74, 6) is -0.0221. The third-order valence-electron chi connectivity index (χ3n) is 4.77. The van der Waals surface area contributed by atoms with Crippen molar-refractivity contribution in [1.82, 2.24) is 5.43 Å². The fourth-order valence-corrected chi connectivity index (χ4v) is 3.19. The SMILES string of the molecule is CCOC(=O)c1ccc(-c2ccc(C=NNC(=O)c3cc4ccccc4cc3O)o2)cc1. The maximum Gasteiger partial charge on any atom is 0.338 e. The molecule has 32 heavy (non-hydrogen) atoms. The molecule has 0 unspecified atom stereocenters. The molecule has 1 heterocycles. The zero-order valence-electron chi connectivity index (χ0n) is 17.2. The number of carbonyl (C=O) groups is 2. The Morgan fingerprint density at radius 2 is 1.75 bits per heavy atom. The van der Waals surface area contributed by atoms with Crippen molar-refractivity contribution in [3.8, 4) is 17.1 Å². The van der Waals surface area contributed by atoms with Crippen LogP contribution in [0.5, 0.6) is 5.75 Å². The Hall–Kier alpha value is -4.39. The van der Waals surface area contributed by atoms with Crippen molar-refractivity contribution in [2.75, 3.05) is 6.61 Å². The Kier molecular flexibility index (Phi) is 5.98. The molecule has 0 saturated heterocycles. The Morgan fingerprint density at radius 3 is 2.47 bits per heavy atom. The van der Waals surface area contributed by atoms with Gasteiger partial charge in [0.15, 0.2) is 0 Å². The second-order valence-electron chi connectivity index (χ2n) is 6.92. The van der Waals surface area contributed by atoms with Gasteiger partial charge >= 0.3 is 5.97 Å². The Labute approximate surface area is 183 Å². The van der Waals surface area contributed by atoms with E-state index >= 15 is 0 Å². The minimum absolute atomic E-state index is 0.122. The van der Waals surface area contributed by atoms with E-state index in [0.717, 1.165) is 16.3 Å². The van der Waals surface area contributed by atoms with Gasteiger partial charge in [0.25, 0.3) is 5.91 Å². The van der Waals surface area contributed by atoms with Crippen LogP contribution in [-0.2, 0) is 4.74 Å². The number of phenolic OH excluding ortho intramolecular Hbond substituents is 1. The summed E-state index contributed by atoms with van der Waals surface area (Å²) in [5.41, 5.74) is 3.76. The predicted octanol–water partition coefficient (Wildman–Crippen LogP) is 4.75. The van der Waals surface area contributed by atoms with E-state index in [1.165, 1.54) is 6.21 Å². The molecule has 4 rings (SSSR count). The summed E-state index contributed by atoms with van der Waals surface area (Å²) in [4.78, 5) is 24.2. The number of hydrazone groups is 1. The molecular formula is C25H20N2O5. The van der Waals surface area contributed by atoms with E-state index in [1.807, 2.05) is 24.3 Å². The van der Waals surface area contributed by atoms with Gasteiger partial charge in [0.05, 0.1) is 23.9 Å². The molecule has 7 nitrogen and oxygen atoms in total. The first-order valence-electron chi connectivity index (χ1n) is 9.97. The number of nitrogens with one attached hydrogen (secondary N) is 1. The van der Waals surface area contributed by atoms with Gasteiger partial charge in [0, 0.05) is 5.56 Å². The first kappa shape index (κ1) is 20.9. The zero-order valence-corrected chi connectivity index (χ0v) is 17.2. The van der Waals surface area contributed by atoms with Crippen LogP contribution in [0.1, 0.15) is 33.4 Å². The smallest absolute Gasteiger partial charge is 0.338 e. The van der Waals surface area contributed by atoms with E-state index in [4.69, 9.17) is 9.15 Å². The highest BCUT2D eigenvalue weighted by Gasteiger charge is 2.12. The average Bonchev–Trinajstić information content (AvgIpc) is 3.27. The molecule has 0 aliphatic heterocycles. The molecule has 0 saturated carbocycles. The molecule has 0 spiro atoms. The minimum atomic E-state index is -0.536. The zero-order chi connectivity index (χ0) is 22.5. The Balaban J connectivity index is 1.42. The number of fused-ring (bicyclic) bond motifs is 1. The first-order valence-corrected chi connectivity index (χ1v) is 9.97. The third kappa shape index (κ3) is 4.52. The lowest BCUT2D eigenvalue weighted by atomic mass is 10.1. The van der Waals surface area contributed by atoms with Crippen LogP contribution in [0, 0.1) is 0 Å². The lowest BCUT2D eigenvalue weighted by molar-refractivity contribution is 0.0526.